The maximum atomic E-state index is 12.7. The molecule has 1 unspecified atom stereocenters. The van der Waals surface area contributed by atoms with E-state index in [9.17, 15) is 4.79 Å². The monoisotopic (exact) mass is 363 g/mol. The van der Waals surface area contributed by atoms with Crippen molar-refractivity contribution in [2.24, 2.45) is 5.16 Å². The van der Waals surface area contributed by atoms with Crippen LogP contribution in [0.4, 0.5) is 5.69 Å². The van der Waals surface area contributed by atoms with E-state index in [1.54, 1.807) is 31.7 Å². The molecule has 0 saturated heterocycles. The number of hydrogen-bond acceptors (Lipinski definition) is 5. The number of carbonyl (C=O) groups is 1. The van der Waals surface area contributed by atoms with Crippen LogP contribution in [-0.2, 0) is 14.4 Å². The molecule has 0 saturated carbocycles. The van der Waals surface area contributed by atoms with Crippen molar-refractivity contribution in [3.05, 3.63) is 78.0 Å². The number of amides is 1. The number of hydrogen-bond donors (Lipinski definition) is 2. The molecule has 3 rings (SSSR count). The number of methoxy groups -OCH3 is 1. The van der Waals surface area contributed by atoms with Gasteiger partial charge < -0.3 is 20.2 Å². The molecule has 2 aromatic rings. The lowest BCUT2D eigenvalue weighted by atomic mass is 10.0. The third-order valence-electron chi connectivity index (χ3n) is 4.10. The Morgan fingerprint density at radius 2 is 1.93 bits per heavy atom. The van der Waals surface area contributed by atoms with Crippen LogP contribution in [0, 0.1) is 0 Å². The lowest BCUT2D eigenvalue weighted by Gasteiger charge is -2.21. The summed E-state index contributed by atoms with van der Waals surface area (Å²) in [5.74, 6) is -0.213. The molecule has 1 atom stereocenters. The first kappa shape index (κ1) is 18.4. The first-order chi connectivity index (χ1) is 13.2. The number of nitrogens with zero attached hydrogens (tertiary/aromatic N) is 1. The van der Waals surface area contributed by atoms with Gasteiger partial charge in [0, 0.05) is 18.4 Å². The maximum Gasteiger partial charge on any atom is 0.256 e. The Morgan fingerprint density at radius 1 is 1.15 bits per heavy atom. The number of anilines is 1. The van der Waals surface area contributed by atoms with E-state index in [0.29, 0.717) is 5.57 Å². The SMILES string of the molecule is CO/N=C/c1ccc(-c2ccccc2NC(=O)C2=CC=CNC2OC)cc1. The summed E-state index contributed by atoms with van der Waals surface area (Å²) in [5, 5.41) is 9.74. The summed E-state index contributed by atoms with van der Waals surface area (Å²) in [7, 11) is 3.06. The highest BCUT2D eigenvalue weighted by atomic mass is 16.6. The first-order valence-electron chi connectivity index (χ1n) is 8.46. The topological polar surface area (TPSA) is 72.0 Å². The molecule has 0 bridgehead atoms. The number of allylic oxidation sites excluding steroid dienone is 2. The fourth-order valence-electron chi connectivity index (χ4n) is 2.76. The van der Waals surface area contributed by atoms with Crippen molar-refractivity contribution in [3.63, 3.8) is 0 Å². The number of rotatable bonds is 6. The van der Waals surface area contributed by atoms with Crippen LogP contribution in [-0.4, -0.2) is 32.6 Å². The Morgan fingerprint density at radius 3 is 2.67 bits per heavy atom. The minimum Gasteiger partial charge on any atom is -0.399 e. The second-order valence-electron chi connectivity index (χ2n) is 5.80. The normalized spacial score (nSPS) is 15.9. The zero-order valence-electron chi connectivity index (χ0n) is 15.2. The van der Waals surface area contributed by atoms with Gasteiger partial charge in [0.1, 0.15) is 7.11 Å². The summed E-state index contributed by atoms with van der Waals surface area (Å²) in [6.07, 6.45) is 6.43. The number of carbonyl (C=O) groups excluding carboxylic acids is 1. The van der Waals surface area contributed by atoms with Gasteiger partial charge in [0.25, 0.3) is 5.91 Å². The van der Waals surface area contributed by atoms with Crippen LogP contribution in [0.3, 0.4) is 0 Å². The lowest BCUT2D eigenvalue weighted by molar-refractivity contribution is -0.114. The van der Waals surface area contributed by atoms with Gasteiger partial charge in [0.2, 0.25) is 0 Å². The quantitative estimate of drug-likeness (QED) is 0.610. The van der Waals surface area contributed by atoms with E-state index in [2.05, 4.69) is 15.8 Å². The van der Waals surface area contributed by atoms with Gasteiger partial charge in [-0.15, -0.1) is 0 Å². The molecule has 1 heterocycles. The van der Waals surface area contributed by atoms with Gasteiger partial charge in [0.15, 0.2) is 6.23 Å². The molecule has 1 aliphatic rings. The zero-order chi connectivity index (χ0) is 19.1. The van der Waals surface area contributed by atoms with Crippen LogP contribution in [0.25, 0.3) is 11.1 Å². The van der Waals surface area contributed by atoms with Crippen LogP contribution >= 0.6 is 0 Å². The molecule has 138 valence electrons. The number of para-hydroxylation sites is 1. The average molecular weight is 363 g/mol. The second kappa shape index (κ2) is 8.82. The smallest absolute Gasteiger partial charge is 0.256 e. The fourth-order valence-corrected chi connectivity index (χ4v) is 2.76. The number of oxime groups is 1. The van der Waals surface area contributed by atoms with Gasteiger partial charge in [-0.3, -0.25) is 4.79 Å². The predicted molar refractivity (Wildman–Crippen MR) is 106 cm³/mol. The van der Waals surface area contributed by atoms with Gasteiger partial charge in [0.05, 0.1) is 11.8 Å². The van der Waals surface area contributed by atoms with Crippen molar-refractivity contribution >= 4 is 17.8 Å². The molecule has 27 heavy (non-hydrogen) atoms. The van der Waals surface area contributed by atoms with Gasteiger partial charge in [-0.2, -0.15) is 0 Å². The van der Waals surface area contributed by atoms with Crippen molar-refractivity contribution in [1.29, 1.82) is 0 Å². The number of benzene rings is 2. The average Bonchev–Trinajstić information content (AvgIpc) is 2.73. The maximum absolute atomic E-state index is 12.7. The van der Waals surface area contributed by atoms with E-state index < -0.39 is 6.23 Å². The molecule has 0 aliphatic carbocycles. The van der Waals surface area contributed by atoms with Crippen LogP contribution in [0.5, 0.6) is 0 Å². The van der Waals surface area contributed by atoms with Crippen molar-refractivity contribution in [2.75, 3.05) is 19.5 Å². The van der Waals surface area contributed by atoms with Crippen LogP contribution in [0.15, 0.2) is 77.6 Å². The van der Waals surface area contributed by atoms with Gasteiger partial charge in [-0.05, 0) is 35.5 Å². The van der Waals surface area contributed by atoms with E-state index >= 15 is 0 Å². The lowest BCUT2D eigenvalue weighted by Crippen LogP contribution is -2.36. The van der Waals surface area contributed by atoms with Crippen LogP contribution in [0.1, 0.15) is 5.56 Å². The third-order valence-corrected chi connectivity index (χ3v) is 4.10. The highest BCUT2D eigenvalue weighted by Crippen LogP contribution is 2.28. The molecule has 0 fully saturated rings. The Hall–Kier alpha value is -3.38. The summed E-state index contributed by atoms with van der Waals surface area (Å²) in [4.78, 5) is 17.4. The fraction of sp³-hybridized carbons (Fsp3) is 0.143. The Balaban J connectivity index is 1.84. The van der Waals surface area contributed by atoms with Crippen molar-refractivity contribution in [3.8, 4) is 11.1 Å². The molecule has 6 nitrogen and oxygen atoms in total. The zero-order valence-corrected chi connectivity index (χ0v) is 15.2. The summed E-state index contributed by atoms with van der Waals surface area (Å²) in [6, 6.07) is 15.5. The highest BCUT2D eigenvalue weighted by Gasteiger charge is 2.21. The van der Waals surface area contributed by atoms with E-state index in [1.165, 1.54) is 7.11 Å². The highest BCUT2D eigenvalue weighted by molar-refractivity contribution is 6.06. The largest absolute Gasteiger partial charge is 0.399 e. The Kier molecular flexibility index (Phi) is 6.02. The molecule has 2 N–H and O–H groups in total. The molecular weight excluding hydrogens is 342 g/mol. The van der Waals surface area contributed by atoms with Gasteiger partial charge in [-0.25, -0.2) is 0 Å². The number of ether oxygens (including phenoxy) is 1. The van der Waals surface area contributed by atoms with Crippen molar-refractivity contribution in [1.82, 2.24) is 5.32 Å². The Labute approximate surface area is 158 Å². The molecule has 1 amide bonds. The molecular formula is C21H21N3O3. The second-order valence-corrected chi connectivity index (χ2v) is 5.80. The molecule has 1 aliphatic heterocycles. The molecule has 6 heteroatoms. The van der Waals surface area contributed by atoms with E-state index in [0.717, 1.165) is 22.4 Å². The van der Waals surface area contributed by atoms with E-state index in [1.807, 2.05) is 48.5 Å². The summed E-state index contributed by atoms with van der Waals surface area (Å²) in [5.41, 5.74) is 4.08. The molecule has 0 radical (unpaired) electrons. The minimum atomic E-state index is -0.471. The van der Waals surface area contributed by atoms with Gasteiger partial charge in [-0.1, -0.05) is 47.6 Å². The molecule has 0 spiro atoms. The summed E-state index contributed by atoms with van der Waals surface area (Å²) in [6.45, 7) is 0. The first-order valence-corrected chi connectivity index (χ1v) is 8.46. The van der Waals surface area contributed by atoms with E-state index in [4.69, 9.17) is 9.57 Å². The van der Waals surface area contributed by atoms with Crippen molar-refractivity contribution < 1.29 is 14.4 Å². The molecule has 2 aromatic carbocycles. The third kappa shape index (κ3) is 4.43. The number of nitrogens with one attached hydrogen (secondary N) is 2. The standard InChI is InChI=1S/C21H21N3O3/c1-26-21-18(7-5-13-22-21)20(25)24-19-8-4-3-6-17(19)16-11-9-15(10-12-16)14-23-27-2/h3-14,21-22H,1-2H3,(H,24,25)/b23-14+. The van der Waals surface area contributed by atoms with E-state index in [-0.39, 0.29) is 5.91 Å². The minimum absolute atomic E-state index is 0.213. The van der Waals surface area contributed by atoms with Crippen molar-refractivity contribution in [2.45, 2.75) is 6.23 Å². The Bertz CT molecular complexity index is 886. The predicted octanol–water partition coefficient (Wildman–Crippen LogP) is 3.29. The molecule has 0 aromatic heterocycles. The summed E-state index contributed by atoms with van der Waals surface area (Å²) >= 11 is 0. The van der Waals surface area contributed by atoms with Gasteiger partial charge >= 0.3 is 0 Å². The van der Waals surface area contributed by atoms with Crippen LogP contribution in [0.2, 0.25) is 0 Å². The summed E-state index contributed by atoms with van der Waals surface area (Å²) < 4.78 is 5.31. The number of dihydropyridines is 1. The van der Waals surface area contributed by atoms with Crippen LogP contribution < -0.4 is 10.6 Å².